The van der Waals surface area contributed by atoms with E-state index >= 15 is 0 Å². The molecule has 1 aromatic rings. The van der Waals surface area contributed by atoms with Gasteiger partial charge in [-0.05, 0) is 32.4 Å². The number of halogens is 1. The van der Waals surface area contributed by atoms with Crippen molar-refractivity contribution in [2.75, 3.05) is 0 Å². The van der Waals surface area contributed by atoms with Gasteiger partial charge in [0.25, 0.3) is 5.91 Å². The summed E-state index contributed by atoms with van der Waals surface area (Å²) in [6, 6.07) is 5.05. The standard InChI is InChI=1S/C16H18FNO4/c1-16(2,3)22-15(21)18-12(13(19)9-14(18)20)8-10-6-4-5-7-11(10)17/h4-7,9,12,19H,8H2,1-3H3/t12-/m1/s1. The van der Waals surface area contributed by atoms with Crippen molar-refractivity contribution in [1.29, 1.82) is 0 Å². The van der Waals surface area contributed by atoms with Crippen molar-refractivity contribution in [3.63, 3.8) is 0 Å². The number of aliphatic hydroxyl groups excluding tert-OH is 1. The SMILES string of the molecule is CC(C)(C)OC(=O)N1C(=O)C=C(O)[C@H]1Cc1ccccc1F. The number of carbonyl (C=O) groups excluding carboxylic acids is 2. The molecule has 1 aliphatic heterocycles. The van der Waals surface area contributed by atoms with Crippen LogP contribution < -0.4 is 0 Å². The summed E-state index contributed by atoms with van der Waals surface area (Å²) in [5.74, 6) is -1.41. The molecule has 2 rings (SSSR count). The van der Waals surface area contributed by atoms with Gasteiger partial charge in [0.15, 0.2) is 0 Å². The van der Waals surface area contributed by atoms with Crippen molar-refractivity contribution >= 4 is 12.0 Å². The molecule has 1 N–H and O–H groups in total. The van der Waals surface area contributed by atoms with E-state index in [2.05, 4.69) is 0 Å². The lowest BCUT2D eigenvalue weighted by atomic mass is 10.0. The number of imide groups is 1. The Morgan fingerprint density at radius 3 is 2.59 bits per heavy atom. The highest BCUT2D eigenvalue weighted by Crippen LogP contribution is 2.25. The van der Waals surface area contributed by atoms with Gasteiger partial charge in [-0.1, -0.05) is 18.2 Å². The first-order valence-electron chi connectivity index (χ1n) is 6.89. The van der Waals surface area contributed by atoms with E-state index < -0.39 is 29.5 Å². The summed E-state index contributed by atoms with van der Waals surface area (Å²) < 4.78 is 18.9. The third kappa shape index (κ3) is 3.44. The zero-order valence-electron chi connectivity index (χ0n) is 12.7. The smallest absolute Gasteiger partial charge is 0.418 e. The Balaban J connectivity index is 2.24. The normalized spacial score (nSPS) is 18.4. The van der Waals surface area contributed by atoms with Gasteiger partial charge in [-0.3, -0.25) is 4.79 Å². The van der Waals surface area contributed by atoms with E-state index in [1.54, 1.807) is 39.0 Å². The van der Waals surface area contributed by atoms with E-state index in [0.29, 0.717) is 5.56 Å². The number of ether oxygens (including phenoxy) is 1. The third-order valence-electron chi connectivity index (χ3n) is 3.12. The summed E-state index contributed by atoms with van der Waals surface area (Å²) in [5, 5.41) is 9.90. The number of rotatable bonds is 2. The molecule has 0 aliphatic carbocycles. The van der Waals surface area contributed by atoms with E-state index in [4.69, 9.17) is 4.74 Å². The molecule has 6 heteroatoms. The molecule has 1 aromatic carbocycles. The van der Waals surface area contributed by atoms with Crippen LogP contribution >= 0.6 is 0 Å². The van der Waals surface area contributed by atoms with Gasteiger partial charge < -0.3 is 9.84 Å². The largest absolute Gasteiger partial charge is 0.510 e. The molecular weight excluding hydrogens is 289 g/mol. The zero-order chi connectivity index (χ0) is 16.5. The van der Waals surface area contributed by atoms with Gasteiger partial charge in [0.1, 0.15) is 23.2 Å². The van der Waals surface area contributed by atoms with Crippen LogP contribution in [-0.4, -0.2) is 33.6 Å². The third-order valence-corrected chi connectivity index (χ3v) is 3.12. The highest BCUT2D eigenvalue weighted by atomic mass is 19.1. The summed E-state index contributed by atoms with van der Waals surface area (Å²) in [6.45, 7) is 5.01. The molecule has 1 aliphatic rings. The fraction of sp³-hybridized carbons (Fsp3) is 0.375. The molecule has 0 saturated carbocycles. The number of carbonyl (C=O) groups is 2. The number of hydrogen-bond donors (Lipinski definition) is 1. The Hall–Kier alpha value is -2.37. The first kappa shape index (κ1) is 16.0. The van der Waals surface area contributed by atoms with Crippen molar-refractivity contribution < 1.29 is 23.8 Å². The lowest BCUT2D eigenvalue weighted by Gasteiger charge is -2.27. The summed E-state index contributed by atoms with van der Waals surface area (Å²) in [4.78, 5) is 24.9. The molecule has 118 valence electrons. The molecular formula is C16H18FNO4. The minimum absolute atomic E-state index is 0.0139. The van der Waals surface area contributed by atoms with E-state index in [1.165, 1.54) is 6.07 Å². The highest BCUT2D eigenvalue weighted by molar-refractivity contribution is 6.02. The fourth-order valence-electron chi connectivity index (χ4n) is 2.17. The lowest BCUT2D eigenvalue weighted by molar-refractivity contribution is -0.125. The van der Waals surface area contributed by atoms with Crippen molar-refractivity contribution in [2.24, 2.45) is 0 Å². The minimum Gasteiger partial charge on any atom is -0.510 e. The van der Waals surface area contributed by atoms with Gasteiger partial charge in [0.05, 0.1) is 0 Å². The molecule has 1 atom stereocenters. The molecule has 0 bridgehead atoms. The monoisotopic (exact) mass is 307 g/mol. The summed E-state index contributed by atoms with van der Waals surface area (Å²) in [6.07, 6.45) is 0.0780. The van der Waals surface area contributed by atoms with Crippen LogP contribution in [0.4, 0.5) is 9.18 Å². The van der Waals surface area contributed by atoms with Crippen molar-refractivity contribution in [2.45, 2.75) is 38.8 Å². The van der Waals surface area contributed by atoms with E-state index in [9.17, 15) is 19.1 Å². The zero-order valence-corrected chi connectivity index (χ0v) is 12.7. The molecule has 22 heavy (non-hydrogen) atoms. The Bertz CT molecular complexity index is 633. The van der Waals surface area contributed by atoms with Gasteiger partial charge >= 0.3 is 6.09 Å². The quantitative estimate of drug-likeness (QED) is 0.912. The van der Waals surface area contributed by atoms with E-state index in [0.717, 1.165) is 11.0 Å². The number of aliphatic hydroxyl groups is 1. The maximum absolute atomic E-state index is 13.7. The predicted octanol–water partition coefficient (Wildman–Crippen LogP) is 2.96. The van der Waals surface area contributed by atoms with Crippen LogP contribution in [0.3, 0.4) is 0 Å². The Labute approximate surface area is 128 Å². The summed E-state index contributed by atoms with van der Waals surface area (Å²) >= 11 is 0. The maximum Gasteiger partial charge on any atom is 0.418 e. The molecule has 0 aromatic heterocycles. The van der Waals surface area contributed by atoms with Crippen LogP contribution in [0, 0.1) is 5.82 Å². The van der Waals surface area contributed by atoms with Crippen LogP contribution in [0.5, 0.6) is 0 Å². The van der Waals surface area contributed by atoms with Crippen molar-refractivity contribution in [1.82, 2.24) is 4.90 Å². The molecule has 0 saturated heterocycles. The number of benzene rings is 1. The fourth-order valence-corrected chi connectivity index (χ4v) is 2.17. The second kappa shape index (κ2) is 5.79. The summed E-state index contributed by atoms with van der Waals surface area (Å²) in [7, 11) is 0. The Morgan fingerprint density at radius 1 is 1.36 bits per heavy atom. The summed E-state index contributed by atoms with van der Waals surface area (Å²) in [5.41, 5.74) is -0.478. The first-order chi connectivity index (χ1) is 10.2. The number of amides is 2. The van der Waals surface area contributed by atoms with Crippen LogP contribution in [0.15, 0.2) is 36.1 Å². The average molecular weight is 307 g/mol. The van der Waals surface area contributed by atoms with Gasteiger partial charge in [-0.2, -0.15) is 0 Å². The van der Waals surface area contributed by atoms with Gasteiger partial charge in [-0.25, -0.2) is 14.1 Å². The van der Waals surface area contributed by atoms with E-state index in [1.807, 2.05) is 0 Å². The van der Waals surface area contributed by atoms with Gasteiger partial charge in [0.2, 0.25) is 0 Å². The number of hydrogen-bond acceptors (Lipinski definition) is 4. The second-order valence-corrected chi connectivity index (χ2v) is 6.07. The lowest BCUT2D eigenvalue weighted by Crippen LogP contribution is -2.44. The number of nitrogens with zero attached hydrogens (tertiary/aromatic N) is 1. The second-order valence-electron chi connectivity index (χ2n) is 6.07. The highest BCUT2D eigenvalue weighted by Gasteiger charge is 2.40. The molecule has 0 unspecified atom stereocenters. The Kier molecular flexibility index (Phi) is 4.21. The average Bonchev–Trinajstić information content (AvgIpc) is 2.65. The van der Waals surface area contributed by atoms with Crippen LogP contribution in [0.2, 0.25) is 0 Å². The molecule has 0 radical (unpaired) electrons. The topological polar surface area (TPSA) is 66.8 Å². The maximum atomic E-state index is 13.7. The van der Waals surface area contributed by atoms with Gasteiger partial charge in [-0.15, -0.1) is 0 Å². The minimum atomic E-state index is -0.959. The van der Waals surface area contributed by atoms with Crippen molar-refractivity contribution in [3.05, 3.63) is 47.5 Å². The van der Waals surface area contributed by atoms with Crippen LogP contribution in [0.25, 0.3) is 0 Å². The Morgan fingerprint density at radius 2 is 2.00 bits per heavy atom. The molecule has 0 fully saturated rings. The van der Waals surface area contributed by atoms with Crippen LogP contribution in [0.1, 0.15) is 26.3 Å². The van der Waals surface area contributed by atoms with Crippen molar-refractivity contribution in [3.8, 4) is 0 Å². The molecule has 5 nitrogen and oxygen atoms in total. The van der Waals surface area contributed by atoms with Crippen LogP contribution in [-0.2, 0) is 16.0 Å². The predicted molar refractivity (Wildman–Crippen MR) is 77.7 cm³/mol. The first-order valence-corrected chi connectivity index (χ1v) is 6.89. The van der Waals surface area contributed by atoms with E-state index in [-0.39, 0.29) is 12.2 Å². The molecule has 2 amide bonds. The molecule has 0 spiro atoms. The van der Waals surface area contributed by atoms with Gasteiger partial charge in [0, 0.05) is 12.5 Å². The molecule has 1 heterocycles.